The summed E-state index contributed by atoms with van der Waals surface area (Å²) in [7, 11) is 3.35. The topological polar surface area (TPSA) is 55.3 Å². The van der Waals surface area contributed by atoms with Gasteiger partial charge in [-0.25, -0.2) is 4.98 Å². The Morgan fingerprint density at radius 3 is 2.80 bits per heavy atom. The van der Waals surface area contributed by atoms with Gasteiger partial charge in [0.2, 0.25) is 5.91 Å². The maximum Gasteiger partial charge on any atom is 0.316 e. The van der Waals surface area contributed by atoms with E-state index in [2.05, 4.69) is 9.97 Å². The molecule has 0 saturated heterocycles. The third kappa shape index (κ3) is 2.01. The van der Waals surface area contributed by atoms with Crippen LogP contribution in [0.3, 0.4) is 0 Å². The predicted octanol–water partition coefficient (Wildman–Crippen LogP) is 1.98. The SMILES string of the molecule is COc1nc(C)cc(-c2ccc3c(c2)CC(=O)N3C)n1. The van der Waals surface area contributed by atoms with Crippen LogP contribution < -0.4 is 9.64 Å². The highest BCUT2D eigenvalue weighted by atomic mass is 16.5. The average molecular weight is 269 g/mol. The van der Waals surface area contributed by atoms with Gasteiger partial charge in [0.25, 0.3) is 0 Å². The molecule has 0 bridgehead atoms. The first-order valence-corrected chi connectivity index (χ1v) is 6.38. The molecular weight excluding hydrogens is 254 g/mol. The van der Waals surface area contributed by atoms with Gasteiger partial charge >= 0.3 is 6.01 Å². The van der Waals surface area contributed by atoms with Crippen molar-refractivity contribution in [2.75, 3.05) is 19.1 Å². The number of likely N-dealkylation sites (N-methyl/N-ethyl adjacent to an activating group) is 1. The molecule has 0 unspecified atom stereocenters. The van der Waals surface area contributed by atoms with Gasteiger partial charge in [-0.3, -0.25) is 4.79 Å². The van der Waals surface area contributed by atoms with Gasteiger partial charge in [0, 0.05) is 24.0 Å². The summed E-state index contributed by atoms with van der Waals surface area (Å²) in [5, 5.41) is 0. The smallest absolute Gasteiger partial charge is 0.316 e. The summed E-state index contributed by atoms with van der Waals surface area (Å²) in [6, 6.07) is 8.20. The Bertz CT molecular complexity index is 698. The Balaban J connectivity index is 2.06. The largest absolute Gasteiger partial charge is 0.467 e. The van der Waals surface area contributed by atoms with E-state index in [0.717, 1.165) is 28.2 Å². The van der Waals surface area contributed by atoms with Crippen LogP contribution in [0, 0.1) is 6.92 Å². The summed E-state index contributed by atoms with van der Waals surface area (Å²) in [5.74, 6) is 0.119. The maximum absolute atomic E-state index is 11.7. The number of carbonyl (C=O) groups is 1. The lowest BCUT2D eigenvalue weighted by molar-refractivity contribution is -0.117. The molecule has 0 aliphatic carbocycles. The van der Waals surface area contributed by atoms with Gasteiger partial charge in [-0.2, -0.15) is 4.98 Å². The highest BCUT2D eigenvalue weighted by Crippen LogP contribution is 2.31. The van der Waals surface area contributed by atoms with Crippen LogP contribution in [0.5, 0.6) is 6.01 Å². The molecule has 5 heteroatoms. The average Bonchev–Trinajstić information content (AvgIpc) is 2.73. The Morgan fingerprint density at radius 2 is 2.05 bits per heavy atom. The number of aryl methyl sites for hydroxylation is 1. The van der Waals surface area contributed by atoms with E-state index in [1.165, 1.54) is 0 Å². The number of hydrogen-bond acceptors (Lipinski definition) is 4. The zero-order valence-electron chi connectivity index (χ0n) is 11.7. The van der Waals surface area contributed by atoms with Crippen LogP contribution in [0.15, 0.2) is 24.3 Å². The molecule has 5 nitrogen and oxygen atoms in total. The monoisotopic (exact) mass is 269 g/mol. The fourth-order valence-corrected chi connectivity index (χ4v) is 2.41. The number of methoxy groups -OCH3 is 1. The van der Waals surface area contributed by atoms with Crippen LogP contribution in [0.2, 0.25) is 0 Å². The standard InChI is InChI=1S/C15H15N3O2/c1-9-6-12(17-15(16-9)20-3)10-4-5-13-11(7-10)8-14(19)18(13)2/h4-7H,8H2,1-3H3. The van der Waals surface area contributed by atoms with Gasteiger partial charge in [-0.1, -0.05) is 6.07 Å². The number of nitrogens with zero attached hydrogens (tertiary/aromatic N) is 3. The minimum Gasteiger partial charge on any atom is -0.467 e. The van der Waals surface area contributed by atoms with E-state index in [4.69, 9.17) is 4.74 Å². The summed E-state index contributed by atoms with van der Waals surface area (Å²) >= 11 is 0. The highest BCUT2D eigenvalue weighted by molar-refractivity contribution is 6.01. The van der Waals surface area contributed by atoms with Crippen molar-refractivity contribution < 1.29 is 9.53 Å². The Labute approximate surface area is 117 Å². The Morgan fingerprint density at radius 1 is 1.25 bits per heavy atom. The Kier molecular flexibility index (Phi) is 2.89. The molecule has 1 aromatic carbocycles. The molecule has 0 fully saturated rings. The number of aromatic nitrogens is 2. The van der Waals surface area contributed by atoms with Crippen molar-refractivity contribution in [2.24, 2.45) is 0 Å². The molecule has 20 heavy (non-hydrogen) atoms. The van der Waals surface area contributed by atoms with E-state index in [1.54, 1.807) is 19.1 Å². The molecule has 1 amide bonds. The molecule has 102 valence electrons. The van der Waals surface area contributed by atoms with Crippen LogP contribution >= 0.6 is 0 Å². The lowest BCUT2D eigenvalue weighted by Crippen LogP contribution is -2.20. The van der Waals surface area contributed by atoms with Crippen molar-refractivity contribution in [1.82, 2.24) is 9.97 Å². The number of amides is 1. The molecule has 2 heterocycles. The number of carbonyl (C=O) groups excluding carboxylic acids is 1. The van der Waals surface area contributed by atoms with Gasteiger partial charge in [0.1, 0.15) is 0 Å². The van der Waals surface area contributed by atoms with Crippen molar-refractivity contribution in [1.29, 1.82) is 0 Å². The van der Waals surface area contributed by atoms with Crippen LogP contribution in [0.1, 0.15) is 11.3 Å². The molecule has 2 aromatic rings. The van der Waals surface area contributed by atoms with Crippen LogP contribution in [-0.2, 0) is 11.2 Å². The zero-order chi connectivity index (χ0) is 14.3. The molecule has 1 aliphatic rings. The maximum atomic E-state index is 11.7. The number of rotatable bonds is 2. The van der Waals surface area contributed by atoms with E-state index in [0.29, 0.717) is 12.4 Å². The minimum absolute atomic E-state index is 0.119. The van der Waals surface area contributed by atoms with Gasteiger partial charge in [0.15, 0.2) is 0 Å². The van der Waals surface area contributed by atoms with Crippen molar-refractivity contribution in [3.63, 3.8) is 0 Å². The molecule has 0 spiro atoms. The van der Waals surface area contributed by atoms with Gasteiger partial charge in [-0.05, 0) is 30.7 Å². The van der Waals surface area contributed by atoms with Gasteiger partial charge < -0.3 is 9.64 Å². The Hall–Kier alpha value is -2.43. The summed E-state index contributed by atoms with van der Waals surface area (Å²) in [6.07, 6.45) is 0.445. The van der Waals surface area contributed by atoms with E-state index < -0.39 is 0 Å². The van der Waals surface area contributed by atoms with Crippen molar-refractivity contribution in [3.8, 4) is 17.3 Å². The first-order chi connectivity index (χ1) is 9.58. The van der Waals surface area contributed by atoms with Gasteiger partial charge in [0.05, 0.1) is 19.2 Å². The number of anilines is 1. The summed E-state index contributed by atoms with van der Waals surface area (Å²) in [5.41, 5.74) is 4.62. The number of fused-ring (bicyclic) bond motifs is 1. The van der Waals surface area contributed by atoms with Crippen LogP contribution in [0.25, 0.3) is 11.3 Å². The summed E-state index contributed by atoms with van der Waals surface area (Å²) in [4.78, 5) is 21.9. The quantitative estimate of drug-likeness (QED) is 0.836. The second-order valence-electron chi connectivity index (χ2n) is 4.85. The third-order valence-electron chi connectivity index (χ3n) is 3.47. The molecule has 1 aromatic heterocycles. The molecular formula is C15H15N3O2. The first kappa shape index (κ1) is 12.6. The predicted molar refractivity (Wildman–Crippen MR) is 75.9 cm³/mol. The molecule has 0 atom stereocenters. The number of hydrogen-bond donors (Lipinski definition) is 0. The molecule has 3 rings (SSSR count). The zero-order valence-corrected chi connectivity index (χ0v) is 11.7. The molecule has 1 aliphatic heterocycles. The minimum atomic E-state index is 0.119. The molecule has 0 saturated carbocycles. The first-order valence-electron chi connectivity index (χ1n) is 6.38. The molecule has 0 N–H and O–H groups in total. The molecule has 0 radical (unpaired) electrons. The summed E-state index contributed by atoms with van der Waals surface area (Å²) in [6.45, 7) is 1.90. The van der Waals surface area contributed by atoms with Crippen molar-refractivity contribution in [3.05, 3.63) is 35.5 Å². The van der Waals surface area contributed by atoms with E-state index in [1.807, 2.05) is 31.2 Å². The van der Waals surface area contributed by atoms with E-state index in [-0.39, 0.29) is 5.91 Å². The third-order valence-corrected chi connectivity index (χ3v) is 3.47. The number of benzene rings is 1. The van der Waals surface area contributed by atoms with Crippen molar-refractivity contribution >= 4 is 11.6 Å². The lowest BCUT2D eigenvalue weighted by atomic mass is 10.1. The van der Waals surface area contributed by atoms with Crippen LogP contribution in [0.4, 0.5) is 5.69 Å². The van der Waals surface area contributed by atoms with E-state index >= 15 is 0 Å². The van der Waals surface area contributed by atoms with Crippen LogP contribution in [-0.4, -0.2) is 30.0 Å². The van der Waals surface area contributed by atoms with Crippen molar-refractivity contribution in [2.45, 2.75) is 13.3 Å². The van der Waals surface area contributed by atoms with E-state index in [9.17, 15) is 4.79 Å². The highest BCUT2D eigenvalue weighted by Gasteiger charge is 2.24. The fourth-order valence-electron chi connectivity index (χ4n) is 2.41. The fraction of sp³-hybridized carbons (Fsp3) is 0.267. The summed E-state index contributed by atoms with van der Waals surface area (Å²) < 4.78 is 5.10. The second kappa shape index (κ2) is 4.59. The normalized spacial score (nSPS) is 13.6. The lowest BCUT2D eigenvalue weighted by Gasteiger charge is -2.11. The number of ether oxygens (including phenoxy) is 1. The van der Waals surface area contributed by atoms with Gasteiger partial charge in [-0.15, -0.1) is 0 Å². The second-order valence-corrected chi connectivity index (χ2v) is 4.85.